The summed E-state index contributed by atoms with van der Waals surface area (Å²) in [7, 11) is 0. The predicted octanol–water partition coefficient (Wildman–Crippen LogP) is 0.365. The van der Waals surface area contributed by atoms with E-state index in [0.29, 0.717) is 19.8 Å². The summed E-state index contributed by atoms with van der Waals surface area (Å²) in [5.41, 5.74) is 0. The Morgan fingerprint density at radius 1 is 1.71 bits per heavy atom. The minimum Gasteiger partial charge on any atom is -0.499 e. The van der Waals surface area contributed by atoms with E-state index in [4.69, 9.17) is 14.2 Å². The summed E-state index contributed by atoms with van der Waals surface area (Å²) in [5, 5.41) is 9.63. The van der Waals surface area contributed by atoms with Gasteiger partial charge in [0.1, 0.15) is 12.7 Å². The van der Waals surface area contributed by atoms with Gasteiger partial charge in [-0.05, 0) is 6.92 Å². The lowest BCUT2D eigenvalue weighted by Crippen LogP contribution is -2.36. The first-order chi connectivity index (χ1) is 8.13. The number of nitrogens with zero attached hydrogens (tertiary/aromatic N) is 1. The van der Waals surface area contributed by atoms with Crippen LogP contribution in [-0.2, 0) is 14.2 Å². The van der Waals surface area contributed by atoms with E-state index in [-0.39, 0.29) is 25.3 Å². The lowest BCUT2D eigenvalue weighted by Gasteiger charge is -2.17. The van der Waals surface area contributed by atoms with Crippen molar-refractivity contribution in [2.24, 2.45) is 0 Å². The zero-order valence-electron chi connectivity index (χ0n) is 10.0. The molecule has 6 heteroatoms. The van der Waals surface area contributed by atoms with Crippen LogP contribution in [0.4, 0.5) is 4.79 Å². The van der Waals surface area contributed by atoms with E-state index in [1.165, 1.54) is 11.2 Å². The number of carbonyl (C=O) groups excluding carboxylic acids is 1. The Morgan fingerprint density at radius 3 is 3.06 bits per heavy atom. The van der Waals surface area contributed by atoms with Crippen molar-refractivity contribution in [3.05, 3.63) is 12.8 Å². The molecule has 1 N–H and O–H groups in total. The molecule has 1 amide bonds. The van der Waals surface area contributed by atoms with Gasteiger partial charge in [-0.2, -0.15) is 0 Å². The Labute approximate surface area is 101 Å². The first-order valence-corrected chi connectivity index (χ1v) is 5.57. The number of aliphatic hydroxyl groups is 1. The van der Waals surface area contributed by atoms with Crippen molar-refractivity contribution < 1.29 is 24.1 Å². The molecule has 1 fully saturated rings. The molecule has 0 radical (unpaired) electrons. The summed E-state index contributed by atoms with van der Waals surface area (Å²) < 4.78 is 15.0. The molecule has 6 nitrogen and oxygen atoms in total. The molecule has 0 aromatic rings. The fraction of sp³-hybridized carbons (Fsp3) is 0.727. The molecule has 2 unspecified atom stereocenters. The highest BCUT2D eigenvalue weighted by Gasteiger charge is 2.29. The first-order valence-electron chi connectivity index (χ1n) is 5.57. The van der Waals surface area contributed by atoms with E-state index in [1.54, 1.807) is 0 Å². The highest BCUT2D eigenvalue weighted by molar-refractivity contribution is 5.69. The van der Waals surface area contributed by atoms with Crippen LogP contribution in [0.1, 0.15) is 6.92 Å². The second-order valence-corrected chi connectivity index (χ2v) is 3.87. The van der Waals surface area contributed by atoms with E-state index < -0.39 is 6.10 Å². The zero-order valence-corrected chi connectivity index (χ0v) is 10.0. The highest BCUT2D eigenvalue weighted by Crippen LogP contribution is 2.10. The molecule has 1 rings (SSSR count). The molecule has 17 heavy (non-hydrogen) atoms. The van der Waals surface area contributed by atoms with Gasteiger partial charge in [-0.1, -0.05) is 6.58 Å². The largest absolute Gasteiger partial charge is 0.499 e. The second kappa shape index (κ2) is 7.13. The molecule has 1 aliphatic heterocycles. The second-order valence-electron chi connectivity index (χ2n) is 3.87. The van der Waals surface area contributed by atoms with Gasteiger partial charge >= 0.3 is 6.09 Å². The van der Waals surface area contributed by atoms with E-state index in [9.17, 15) is 9.90 Å². The van der Waals surface area contributed by atoms with Crippen LogP contribution in [0.2, 0.25) is 0 Å². The summed E-state index contributed by atoms with van der Waals surface area (Å²) in [4.78, 5) is 12.7. The molecular weight excluding hydrogens is 226 g/mol. The maximum atomic E-state index is 11.3. The Kier molecular flexibility index (Phi) is 5.79. The molecule has 0 aliphatic carbocycles. The summed E-state index contributed by atoms with van der Waals surface area (Å²) >= 11 is 0. The van der Waals surface area contributed by atoms with E-state index in [0.717, 1.165) is 0 Å². The van der Waals surface area contributed by atoms with Gasteiger partial charge in [0.15, 0.2) is 0 Å². The number of aliphatic hydroxyl groups excluding tert-OH is 1. The number of ether oxygens (including phenoxy) is 3. The van der Waals surface area contributed by atoms with E-state index in [1.807, 2.05) is 6.92 Å². The molecule has 2 atom stereocenters. The maximum Gasteiger partial charge on any atom is 0.410 e. The zero-order chi connectivity index (χ0) is 12.7. The van der Waals surface area contributed by atoms with Crippen LogP contribution < -0.4 is 0 Å². The number of hydrogen-bond acceptors (Lipinski definition) is 5. The Balaban J connectivity index is 2.10. The maximum absolute atomic E-state index is 11.3. The molecule has 98 valence electrons. The Morgan fingerprint density at radius 2 is 2.47 bits per heavy atom. The smallest absolute Gasteiger partial charge is 0.410 e. The van der Waals surface area contributed by atoms with Crippen molar-refractivity contribution >= 4 is 6.09 Å². The molecule has 0 aromatic heterocycles. The van der Waals surface area contributed by atoms with Gasteiger partial charge in [0, 0.05) is 0 Å². The van der Waals surface area contributed by atoms with Gasteiger partial charge in [-0.25, -0.2) is 4.79 Å². The number of rotatable bonds is 8. The quantitative estimate of drug-likeness (QED) is 0.494. The highest BCUT2D eigenvalue weighted by atomic mass is 16.6. The van der Waals surface area contributed by atoms with Crippen molar-refractivity contribution in [3.8, 4) is 0 Å². The van der Waals surface area contributed by atoms with Crippen molar-refractivity contribution in [1.82, 2.24) is 4.90 Å². The topological polar surface area (TPSA) is 68.2 Å². The fourth-order valence-corrected chi connectivity index (χ4v) is 1.53. The fourth-order valence-electron chi connectivity index (χ4n) is 1.53. The predicted molar refractivity (Wildman–Crippen MR) is 60.5 cm³/mol. The summed E-state index contributed by atoms with van der Waals surface area (Å²) in [5.74, 6) is 0. The number of cyclic esters (lactones) is 1. The lowest BCUT2D eigenvalue weighted by molar-refractivity contribution is 0.00942. The third-order valence-corrected chi connectivity index (χ3v) is 2.24. The van der Waals surface area contributed by atoms with Crippen LogP contribution in [0, 0.1) is 0 Å². The monoisotopic (exact) mass is 245 g/mol. The number of carbonyl (C=O) groups is 1. The normalized spacial score (nSPS) is 21.2. The standard InChI is InChI=1S/C11H19NO5/c1-3-15-4-5-16-8-10(13)7-12-6-9(2)17-11(12)14/h3,9-10,13H,1,4-8H2,2H3. The molecule has 1 heterocycles. The average Bonchev–Trinajstić information content (AvgIpc) is 2.57. The summed E-state index contributed by atoms with van der Waals surface area (Å²) in [6.07, 6.45) is 0.126. The van der Waals surface area contributed by atoms with Gasteiger partial charge in [-0.15, -0.1) is 0 Å². The number of hydrogen-bond donors (Lipinski definition) is 1. The molecular formula is C11H19NO5. The molecule has 0 saturated carbocycles. The minimum atomic E-state index is -0.711. The van der Waals surface area contributed by atoms with Gasteiger partial charge in [0.05, 0.1) is 38.7 Å². The summed E-state index contributed by atoms with van der Waals surface area (Å²) in [6.45, 7) is 6.89. The van der Waals surface area contributed by atoms with E-state index >= 15 is 0 Å². The first kappa shape index (κ1) is 13.8. The van der Waals surface area contributed by atoms with Crippen LogP contribution in [0.25, 0.3) is 0 Å². The van der Waals surface area contributed by atoms with Gasteiger partial charge in [0.2, 0.25) is 0 Å². The third-order valence-electron chi connectivity index (χ3n) is 2.24. The molecule has 0 aromatic carbocycles. The van der Waals surface area contributed by atoms with Gasteiger partial charge in [0.25, 0.3) is 0 Å². The number of amides is 1. The van der Waals surface area contributed by atoms with Crippen molar-refractivity contribution in [2.75, 3.05) is 32.9 Å². The Bertz CT molecular complexity index is 258. The minimum absolute atomic E-state index is 0.114. The van der Waals surface area contributed by atoms with Crippen LogP contribution in [0.5, 0.6) is 0 Å². The van der Waals surface area contributed by atoms with Crippen molar-refractivity contribution in [3.63, 3.8) is 0 Å². The number of β-amino-alcohol motifs (C(OH)–C–C–N with tert-alkyl or cyclic N) is 1. The van der Waals surface area contributed by atoms with Gasteiger partial charge in [-0.3, -0.25) is 0 Å². The molecule has 1 aliphatic rings. The van der Waals surface area contributed by atoms with Crippen molar-refractivity contribution in [2.45, 2.75) is 19.1 Å². The molecule has 0 spiro atoms. The van der Waals surface area contributed by atoms with Crippen LogP contribution in [0.3, 0.4) is 0 Å². The summed E-state index contributed by atoms with van der Waals surface area (Å²) in [6, 6.07) is 0. The Hall–Kier alpha value is -1.27. The SMILES string of the molecule is C=COCCOCC(O)CN1CC(C)OC1=O. The molecule has 0 bridgehead atoms. The van der Waals surface area contributed by atoms with Crippen molar-refractivity contribution in [1.29, 1.82) is 0 Å². The van der Waals surface area contributed by atoms with Crippen LogP contribution in [-0.4, -0.2) is 61.2 Å². The lowest BCUT2D eigenvalue weighted by atomic mass is 10.3. The van der Waals surface area contributed by atoms with Crippen LogP contribution in [0.15, 0.2) is 12.8 Å². The van der Waals surface area contributed by atoms with Crippen LogP contribution >= 0.6 is 0 Å². The third kappa shape index (κ3) is 5.06. The molecule has 1 saturated heterocycles. The van der Waals surface area contributed by atoms with Gasteiger partial charge < -0.3 is 24.2 Å². The average molecular weight is 245 g/mol. The van der Waals surface area contributed by atoms with E-state index in [2.05, 4.69) is 6.58 Å².